The molecule has 0 saturated carbocycles. The van der Waals surface area contributed by atoms with Gasteiger partial charge in [0.05, 0.1) is 17.6 Å². The molecule has 0 heterocycles. The average molecular weight is 372 g/mol. The van der Waals surface area contributed by atoms with Crippen LogP contribution in [-0.2, 0) is 9.53 Å². The van der Waals surface area contributed by atoms with E-state index in [0.29, 0.717) is 5.69 Å². The van der Waals surface area contributed by atoms with Gasteiger partial charge in [-0.25, -0.2) is 4.79 Å². The molecule has 0 aliphatic rings. The van der Waals surface area contributed by atoms with E-state index in [2.05, 4.69) is 10.1 Å². The standard InChI is InChI=1S/C19H20N2O6/c1-11-5-6-12(2)15(9-11)20-18(22)13(3)27-17-8-7-14(19(23)26-4)10-16(17)21(24)25/h5-10,13H,1-4H3,(H,20,22)/t13-/m1/s1. The molecular formula is C19H20N2O6. The molecule has 0 spiro atoms. The van der Waals surface area contributed by atoms with Crippen molar-refractivity contribution in [1.82, 2.24) is 0 Å². The largest absolute Gasteiger partial charge is 0.474 e. The Morgan fingerprint density at radius 3 is 2.48 bits per heavy atom. The Balaban J connectivity index is 2.20. The van der Waals surface area contributed by atoms with Gasteiger partial charge in [0.25, 0.3) is 5.91 Å². The summed E-state index contributed by atoms with van der Waals surface area (Å²) in [7, 11) is 1.18. The van der Waals surface area contributed by atoms with Gasteiger partial charge in [0.15, 0.2) is 11.9 Å². The summed E-state index contributed by atoms with van der Waals surface area (Å²) in [6.07, 6.45) is -0.993. The monoisotopic (exact) mass is 372 g/mol. The maximum Gasteiger partial charge on any atom is 0.338 e. The number of benzene rings is 2. The SMILES string of the molecule is COC(=O)c1ccc(O[C@H](C)C(=O)Nc2cc(C)ccc2C)c([N+](=O)[O-])c1. The molecule has 0 fully saturated rings. The van der Waals surface area contributed by atoms with Crippen LogP contribution in [0.4, 0.5) is 11.4 Å². The summed E-state index contributed by atoms with van der Waals surface area (Å²) in [5.41, 5.74) is 2.10. The Bertz CT molecular complexity index is 894. The van der Waals surface area contributed by atoms with Crippen molar-refractivity contribution < 1.29 is 24.0 Å². The third-order valence-electron chi connectivity index (χ3n) is 3.90. The van der Waals surface area contributed by atoms with Crippen molar-refractivity contribution in [3.05, 3.63) is 63.2 Å². The molecule has 142 valence electrons. The molecule has 8 nitrogen and oxygen atoms in total. The van der Waals surface area contributed by atoms with Crippen LogP contribution in [0, 0.1) is 24.0 Å². The lowest BCUT2D eigenvalue weighted by atomic mass is 10.1. The zero-order chi connectivity index (χ0) is 20.1. The molecule has 2 aromatic rings. The van der Waals surface area contributed by atoms with Gasteiger partial charge in [0.2, 0.25) is 0 Å². The first-order chi connectivity index (χ1) is 12.7. The zero-order valence-corrected chi connectivity index (χ0v) is 15.4. The number of rotatable bonds is 6. The Labute approximate surface area is 156 Å². The van der Waals surface area contributed by atoms with E-state index in [9.17, 15) is 19.7 Å². The van der Waals surface area contributed by atoms with E-state index >= 15 is 0 Å². The predicted molar refractivity (Wildman–Crippen MR) is 99.1 cm³/mol. The van der Waals surface area contributed by atoms with Crippen molar-refractivity contribution in [3.8, 4) is 5.75 Å². The number of carbonyl (C=O) groups excluding carboxylic acids is 2. The number of hydrogen-bond acceptors (Lipinski definition) is 6. The van der Waals surface area contributed by atoms with Crippen LogP contribution in [0.2, 0.25) is 0 Å². The van der Waals surface area contributed by atoms with E-state index in [1.807, 2.05) is 32.0 Å². The maximum atomic E-state index is 12.4. The second-order valence-electron chi connectivity index (χ2n) is 6.00. The highest BCUT2D eigenvalue weighted by Gasteiger charge is 2.23. The number of ether oxygens (including phenoxy) is 2. The first-order valence-corrected chi connectivity index (χ1v) is 8.14. The van der Waals surface area contributed by atoms with Crippen molar-refractivity contribution in [2.45, 2.75) is 26.9 Å². The average Bonchev–Trinajstić information content (AvgIpc) is 2.64. The number of methoxy groups -OCH3 is 1. The quantitative estimate of drug-likeness (QED) is 0.473. The molecule has 0 unspecified atom stereocenters. The van der Waals surface area contributed by atoms with Crippen LogP contribution in [-0.4, -0.2) is 30.0 Å². The molecule has 0 aliphatic heterocycles. The number of esters is 1. The normalized spacial score (nSPS) is 11.4. The molecule has 2 rings (SSSR count). The molecule has 8 heteroatoms. The number of anilines is 1. The number of hydrogen-bond donors (Lipinski definition) is 1. The molecule has 0 radical (unpaired) electrons. The minimum atomic E-state index is -0.993. The lowest BCUT2D eigenvalue weighted by molar-refractivity contribution is -0.386. The Morgan fingerprint density at radius 1 is 1.15 bits per heavy atom. The second-order valence-corrected chi connectivity index (χ2v) is 6.00. The highest BCUT2D eigenvalue weighted by atomic mass is 16.6. The first kappa shape index (κ1) is 19.9. The number of aryl methyl sites for hydroxylation is 2. The molecule has 0 saturated heterocycles. The summed E-state index contributed by atoms with van der Waals surface area (Å²) in [5.74, 6) is -1.27. The van der Waals surface area contributed by atoms with Crippen molar-refractivity contribution in [3.63, 3.8) is 0 Å². The molecule has 1 atom stereocenters. The van der Waals surface area contributed by atoms with Gasteiger partial charge < -0.3 is 14.8 Å². The molecule has 0 aromatic heterocycles. The smallest absolute Gasteiger partial charge is 0.338 e. The van der Waals surface area contributed by atoms with E-state index < -0.39 is 28.6 Å². The Kier molecular flexibility index (Phi) is 6.12. The van der Waals surface area contributed by atoms with Crippen LogP contribution < -0.4 is 10.1 Å². The van der Waals surface area contributed by atoms with E-state index in [0.717, 1.165) is 17.2 Å². The summed E-state index contributed by atoms with van der Waals surface area (Å²) in [6.45, 7) is 5.25. The molecule has 27 heavy (non-hydrogen) atoms. The van der Waals surface area contributed by atoms with Gasteiger partial charge in [0.1, 0.15) is 0 Å². The van der Waals surface area contributed by atoms with Gasteiger partial charge in [0, 0.05) is 11.8 Å². The van der Waals surface area contributed by atoms with Gasteiger partial charge in [-0.15, -0.1) is 0 Å². The van der Waals surface area contributed by atoms with Crippen LogP contribution in [0.3, 0.4) is 0 Å². The number of carbonyl (C=O) groups is 2. The highest BCUT2D eigenvalue weighted by molar-refractivity contribution is 5.95. The summed E-state index contributed by atoms with van der Waals surface area (Å²) >= 11 is 0. The van der Waals surface area contributed by atoms with Gasteiger partial charge >= 0.3 is 11.7 Å². The van der Waals surface area contributed by atoms with Gasteiger partial charge in [-0.3, -0.25) is 14.9 Å². The van der Waals surface area contributed by atoms with Crippen molar-refractivity contribution >= 4 is 23.3 Å². The fourth-order valence-electron chi connectivity index (χ4n) is 2.35. The van der Waals surface area contributed by atoms with Gasteiger partial charge in [-0.05, 0) is 50.1 Å². The summed E-state index contributed by atoms with van der Waals surface area (Å²) in [4.78, 5) is 34.5. The van der Waals surface area contributed by atoms with Crippen LogP contribution in [0.1, 0.15) is 28.4 Å². The van der Waals surface area contributed by atoms with E-state index in [1.165, 1.54) is 26.2 Å². The molecule has 2 aromatic carbocycles. The number of nitrogens with one attached hydrogen (secondary N) is 1. The first-order valence-electron chi connectivity index (χ1n) is 8.14. The van der Waals surface area contributed by atoms with Gasteiger partial charge in [-0.1, -0.05) is 12.1 Å². The fourth-order valence-corrected chi connectivity index (χ4v) is 2.35. The number of amides is 1. The summed E-state index contributed by atoms with van der Waals surface area (Å²) in [6, 6.07) is 9.30. The third kappa shape index (κ3) is 4.81. The predicted octanol–water partition coefficient (Wildman–Crippen LogP) is 3.40. The second kappa shape index (κ2) is 8.31. The Hall–Kier alpha value is -3.42. The van der Waals surface area contributed by atoms with Crippen molar-refractivity contribution in [1.29, 1.82) is 0 Å². The molecular weight excluding hydrogens is 352 g/mol. The van der Waals surface area contributed by atoms with E-state index in [4.69, 9.17) is 4.74 Å². The molecule has 0 aliphatic carbocycles. The number of nitro benzene ring substituents is 1. The van der Waals surface area contributed by atoms with Crippen molar-refractivity contribution in [2.24, 2.45) is 0 Å². The zero-order valence-electron chi connectivity index (χ0n) is 15.4. The van der Waals surface area contributed by atoms with Crippen LogP contribution in [0.15, 0.2) is 36.4 Å². The molecule has 0 bridgehead atoms. The third-order valence-corrected chi connectivity index (χ3v) is 3.90. The van der Waals surface area contributed by atoms with Crippen LogP contribution in [0.5, 0.6) is 5.75 Å². The van der Waals surface area contributed by atoms with Crippen molar-refractivity contribution in [2.75, 3.05) is 12.4 Å². The van der Waals surface area contributed by atoms with E-state index in [-0.39, 0.29) is 11.3 Å². The molecule has 1 N–H and O–H groups in total. The summed E-state index contributed by atoms with van der Waals surface area (Å²) in [5, 5.41) is 14.0. The number of nitro groups is 1. The van der Waals surface area contributed by atoms with Crippen LogP contribution >= 0.6 is 0 Å². The maximum absolute atomic E-state index is 12.4. The Morgan fingerprint density at radius 2 is 1.85 bits per heavy atom. The molecule has 1 amide bonds. The fraction of sp³-hybridized carbons (Fsp3) is 0.263. The minimum Gasteiger partial charge on any atom is -0.474 e. The lowest BCUT2D eigenvalue weighted by Crippen LogP contribution is -2.30. The van der Waals surface area contributed by atoms with Crippen LogP contribution in [0.25, 0.3) is 0 Å². The lowest BCUT2D eigenvalue weighted by Gasteiger charge is -2.16. The summed E-state index contributed by atoms with van der Waals surface area (Å²) < 4.78 is 10.0. The minimum absolute atomic E-state index is 0.0176. The van der Waals surface area contributed by atoms with E-state index in [1.54, 1.807) is 0 Å². The van der Waals surface area contributed by atoms with Gasteiger partial charge in [-0.2, -0.15) is 0 Å². The number of nitrogens with zero attached hydrogens (tertiary/aromatic N) is 1. The topological polar surface area (TPSA) is 108 Å². The highest BCUT2D eigenvalue weighted by Crippen LogP contribution is 2.29.